The number of hydrogen-bond acceptors (Lipinski definition) is 3. The zero-order valence-corrected chi connectivity index (χ0v) is 9.98. The largest absolute Gasteiger partial charge is 0.390 e. The van der Waals surface area contributed by atoms with Gasteiger partial charge in [-0.1, -0.05) is 0 Å². The van der Waals surface area contributed by atoms with Crippen molar-refractivity contribution in [1.82, 2.24) is 4.90 Å². The number of nitro groups is 1. The number of nitro benzene ring substituents is 1. The molecule has 1 aromatic carbocycles. The van der Waals surface area contributed by atoms with Crippen molar-refractivity contribution in [2.24, 2.45) is 0 Å². The standard InChI is InChI=1S/C11H11F3N2O3/c1-15(7-6-11(12,13)14)10(17)8-2-4-9(5-3-8)16(18)19/h2-5H,6-7H2,1H3. The van der Waals surface area contributed by atoms with Gasteiger partial charge in [-0.15, -0.1) is 0 Å². The van der Waals surface area contributed by atoms with Gasteiger partial charge in [0.2, 0.25) is 0 Å². The van der Waals surface area contributed by atoms with Crippen LogP contribution in [0.2, 0.25) is 0 Å². The lowest BCUT2D eigenvalue weighted by Crippen LogP contribution is -2.30. The van der Waals surface area contributed by atoms with Gasteiger partial charge in [-0.05, 0) is 12.1 Å². The molecule has 0 N–H and O–H groups in total. The summed E-state index contributed by atoms with van der Waals surface area (Å²) in [6, 6.07) is 4.69. The summed E-state index contributed by atoms with van der Waals surface area (Å²) in [6.45, 7) is -0.459. The Kier molecular flexibility index (Phi) is 4.47. The number of halogens is 3. The Bertz CT molecular complexity index is 471. The molecule has 1 rings (SSSR count). The molecule has 0 aromatic heterocycles. The molecule has 0 fully saturated rings. The number of alkyl halides is 3. The number of nitrogens with zero attached hydrogens (tertiary/aromatic N) is 2. The lowest BCUT2D eigenvalue weighted by Gasteiger charge is -2.18. The molecule has 19 heavy (non-hydrogen) atoms. The first-order chi connectivity index (χ1) is 8.70. The van der Waals surface area contributed by atoms with Crippen molar-refractivity contribution >= 4 is 11.6 Å². The van der Waals surface area contributed by atoms with Crippen LogP contribution in [0.1, 0.15) is 16.8 Å². The van der Waals surface area contributed by atoms with Crippen LogP contribution in [-0.4, -0.2) is 35.5 Å². The van der Waals surface area contributed by atoms with Gasteiger partial charge in [0, 0.05) is 31.3 Å². The third kappa shape index (κ3) is 4.57. The number of non-ortho nitro benzene ring substituents is 1. The number of carbonyl (C=O) groups is 1. The van der Waals surface area contributed by atoms with Crippen LogP contribution in [0.5, 0.6) is 0 Å². The highest BCUT2D eigenvalue weighted by Gasteiger charge is 2.28. The van der Waals surface area contributed by atoms with Gasteiger partial charge in [0.05, 0.1) is 11.3 Å². The fourth-order valence-corrected chi connectivity index (χ4v) is 1.34. The molecule has 0 heterocycles. The van der Waals surface area contributed by atoms with E-state index in [2.05, 4.69) is 0 Å². The van der Waals surface area contributed by atoms with E-state index in [0.29, 0.717) is 0 Å². The summed E-state index contributed by atoms with van der Waals surface area (Å²) in [5, 5.41) is 10.4. The van der Waals surface area contributed by atoms with Crippen molar-refractivity contribution in [2.45, 2.75) is 12.6 Å². The first kappa shape index (κ1) is 14.9. The van der Waals surface area contributed by atoms with Gasteiger partial charge in [0.1, 0.15) is 0 Å². The number of hydrogen-bond donors (Lipinski definition) is 0. The predicted molar refractivity (Wildman–Crippen MR) is 60.7 cm³/mol. The van der Waals surface area contributed by atoms with Crippen molar-refractivity contribution in [2.75, 3.05) is 13.6 Å². The second-order valence-corrected chi connectivity index (χ2v) is 3.90. The fourth-order valence-electron chi connectivity index (χ4n) is 1.34. The number of carbonyl (C=O) groups excluding carboxylic acids is 1. The van der Waals surface area contributed by atoms with E-state index in [9.17, 15) is 28.1 Å². The van der Waals surface area contributed by atoms with Crippen molar-refractivity contribution < 1.29 is 22.9 Å². The first-order valence-electron chi connectivity index (χ1n) is 5.27. The SMILES string of the molecule is CN(CCC(F)(F)F)C(=O)c1ccc([N+](=O)[O-])cc1. The molecule has 0 radical (unpaired) electrons. The molecule has 0 aliphatic carbocycles. The minimum absolute atomic E-state index is 0.107. The molecule has 0 atom stereocenters. The molecule has 0 spiro atoms. The van der Waals surface area contributed by atoms with E-state index >= 15 is 0 Å². The third-order valence-electron chi connectivity index (χ3n) is 2.40. The zero-order chi connectivity index (χ0) is 14.6. The average Bonchev–Trinajstić information content (AvgIpc) is 2.34. The predicted octanol–water partition coefficient (Wildman–Crippen LogP) is 2.62. The maximum absolute atomic E-state index is 12.0. The monoisotopic (exact) mass is 276 g/mol. The lowest BCUT2D eigenvalue weighted by molar-refractivity contribution is -0.384. The second kappa shape index (κ2) is 5.68. The molecule has 1 aromatic rings. The molecule has 104 valence electrons. The number of rotatable bonds is 4. The van der Waals surface area contributed by atoms with Gasteiger partial charge < -0.3 is 4.90 Å². The summed E-state index contributed by atoms with van der Waals surface area (Å²) in [6.07, 6.45) is -5.42. The molecule has 5 nitrogen and oxygen atoms in total. The van der Waals surface area contributed by atoms with Crippen LogP contribution in [0, 0.1) is 10.1 Å². The van der Waals surface area contributed by atoms with Crippen LogP contribution in [0.15, 0.2) is 24.3 Å². The molecule has 1 amide bonds. The third-order valence-corrected chi connectivity index (χ3v) is 2.40. The summed E-state index contributed by atoms with van der Waals surface area (Å²) in [4.78, 5) is 22.4. The van der Waals surface area contributed by atoms with Crippen LogP contribution in [0.25, 0.3) is 0 Å². The Labute approximate surface area is 106 Å². The van der Waals surface area contributed by atoms with Gasteiger partial charge in [0.15, 0.2) is 0 Å². The van der Waals surface area contributed by atoms with E-state index in [1.165, 1.54) is 19.2 Å². The first-order valence-corrected chi connectivity index (χ1v) is 5.27. The summed E-state index contributed by atoms with van der Waals surface area (Å²) >= 11 is 0. The summed E-state index contributed by atoms with van der Waals surface area (Å²) in [5.41, 5.74) is -0.0789. The molecule has 0 aliphatic heterocycles. The molecule has 0 saturated carbocycles. The molecule has 0 saturated heterocycles. The molecule has 0 unspecified atom stereocenters. The van der Waals surface area contributed by atoms with E-state index in [-0.39, 0.29) is 11.3 Å². The van der Waals surface area contributed by atoms with E-state index < -0.39 is 30.0 Å². The molecular weight excluding hydrogens is 265 g/mol. The quantitative estimate of drug-likeness (QED) is 0.627. The summed E-state index contributed by atoms with van der Waals surface area (Å²) < 4.78 is 36.0. The van der Waals surface area contributed by atoms with Crippen molar-refractivity contribution in [3.05, 3.63) is 39.9 Å². The topological polar surface area (TPSA) is 63.5 Å². The van der Waals surface area contributed by atoms with E-state index in [1.807, 2.05) is 0 Å². The van der Waals surface area contributed by atoms with Crippen LogP contribution in [-0.2, 0) is 0 Å². The van der Waals surface area contributed by atoms with Gasteiger partial charge >= 0.3 is 6.18 Å². The van der Waals surface area contributed by atoms with E-state index in [4.69, 9.17) is 0 Å². The molecule has 0 bridgehead atoms. The van der Waals surface area contributed by atoms with Crippen LogP contribution in [0.4, 0.5) is 18.9 Å². The summed E-state index contributed by atoms with van der Waals surface area (Å²) in [5.74, 6) is -0.612. The fraction of sp³-hybridized carbons (Fsp3) is 0.364. The molecule has 0 aliphatic rings. The number of amides is 1. The van der Waals surface area contributed by atoms with Gasteiger partial charge in [-0.25, -0.2) is 0 Å². The van der Waals surface area contributed by atoms with Crippen molar-refractivity contribution in [3.63, 3.8) is 0 Å². The van der Waals surface area contributed by atoms with E-state index in [0.717, 1.165) is 17.0 Å². The van der Waals surface area contributed by atoms with Crippen LogP contribution < -0.4 is 0 Å². The van der Waals surface area contributed by atoms with Gasteiger partial charge in [0.25, 0.3) is 11.6 Å². The second-order valence-electron chi connectivity index (χ2n) is 3.90. The normalized spacial score (nSPS) is 11.2. The smallest absolute Gasteiger partial charge is 0.341 e. The maximum atomic E-state index is 12.0. The van der Waals surface area contributed by atoms with Crippen LogP contribution in [0.3, 0.4) is 0 Å². The average molecular weight is 276 g/mol. The molecule has 8 heteroatoms. The van der Waals surface area contributed by atoms with Gasteiger partial charge in [-0.2, -0.15) is 13.2 Å². The lowest BCUT2D eigenvalue weighted by atomic mass is 10.2. The maximum Gasteiger partial charge on any atom is 0.390 e. The van der Waals surface area contributed by atoms with Crippen LogP contribution >= 0.6 is 0 Å². The zero-order valence-electron chi connectivity index (χ0n) is 9.98. The Morgan fingerprint density at radius 2 is 1.84 bits per heavy atom. The van der Waals surface area contributed by atoms with Crippen molar-refractivity contribution in [1.29, 1.82) is 0 Å². The highest BCUT2D eigenvalue weighted by molar-refractivity contribution is 5.94. The minimum atomic E-state index is -4.33. The summed E-state index contributed by atoms with van der Waals surface area (Å²) in [7, 11) is 1.25. The Balaban J connectivity index is 2.69. The number of benzene rings is 1. The molecular formula is C11H11F3N2O3. The Hall–Kier alpha value is -2.12. The van der Waals surface area contributed by atoms with Gasteiger partial charge in [-0.3, -0.25) is 14.9 Å². The highest BCUT2D eigenvalue weighted by Crippen LogP contribution is 2.20. The Morgan fingerprint density at radius 1 is 1.32 bits per heavy atom. The van der Waals surface area contributed by atoms with E-state index in [1.54, 1.807) is 0 Å². The highest BCUT2D eigenvalue weighted by atomic mass is 19.4. The Morgan fingerprint density at radius 3 is 2.26 bits per heavy atom. The minimum Gasteiger partial charge on any atom is -0.341 e. The van der Waals surface area contributed by atoms with Crippen molar-refractivity contribution in [3.8, 4) is 0 Å².